The lowest BCUT2D eigenvalue weighted by Crippen LogP contribution is -1.88. The molecule has 0 unspecified atom stereocenters. The number of hydrogen-bond donors (Lipinski definition) is 0. The van der Waals surface area contributed by atoms with Gasteiger partial charge in [0.1, 0.15) is 6.29 Å². The number of carbonyl (C=O) groups is 1. The minimum atomic E-state index is -0.387. The smallest absolute Gasteiger partial charge is 0.269 e. The third-order valence-corrected chi connectivity index (χ3v) is 4.25. The van der Waals surface area contributed by atoms with Crippen LogP contribution in [0.15, 0.2) is 66.4 Å². The van der Waals surface area contributed by atoms with Crippen molar-refractivity contribution in [3.05, 3.63) is 87.6 Å². The highest BCUT2D eigenvalue weighted by atomic mass is 16.6. The number of aldehydes is 1. The van der Waals surface area contributed by atoms with Crippen molar-refractivity contribution in [1.29, 1.82) is 0 Å². The molecular formula is C20H17NO3. The molecule has 1 aliphatic rings. The largest absolute Gasteiger partial charge is 0.303 e. The van der Waals surface area contributed by atoms with Crippen molar-refractivity contribution in [3.8, 4) is 0 Å². The number of non-ortho nitro benzene ring substituents is 1. The van der Waals surface area contributed by atoms with E-state index in [1.807, 2.05) is 48.5 Å². The van der Waals surface area contributed by atoms with Crippen LogP contribution in [-0.4, -0.2) is 11.2 Å². The van der Waals surface area contributed by atoms with Crippen molar-refractivity contribution < 1.29 is 9.72 Å². The molecule has 2 aromatic carbocycles. The first-order chi connectivity index (χ1) is 11.7. The topological polar surface area (TPSA) is 60.2 Å². The Morgan fingerprint density at radius 2 is 1.88 bits per heavy atom. The fourth-order valence-electron chi connectivity index (χ4n) is 2.82. The molecule has 0 spiro atoms. The molecule has 0 aliphatic heterocycles. The van der Waals surface area contributed by atoms with Crippen molar-refractivity contribution >= 4 is 17.5 Å². The molecule has 4 nitrogen and oxygen atoms in total. The summed E-state index contributed by atoms with van der Waals surface area (Å²) in [7, 11) is 0. The van der Waals surface area contributed by atoms with E-state index in [2.05, 4.69) is 5.73 Å². The van der Waals surface area contributed by atoms with Gasteiger partial charge in [0.05, 0.1) is 4.92 Å². The van der Waals surface area contributed by atoms with E-state index in [-0.39, 0.29) is 10.6 Å². The minimum absolute atomic E-state index is 0.115. The molecule has 0 bridgehead atoms. The van der Waals surface area contributed by atoms with Gasteiger partial charge in [-0.25, -0.2) is 0 Å². The van der Waals surface area contributed by atoms with E-state index in [1.54, 1.807) is 12.1 Å². The molecule has 0 amide bonds. The highest BCUT2D eigenvalue weighted by Crippen LogP contribution is 2.48. The van der Waals surface area contributed by atoms with Crippen LogP contribution in [0.25, 0.3) is 5.57 Å². The van der Waals surface area contributed by atoms with Gasteiger partial charge in [-0.1, -0.05) is 42.5 Å². The van der Waals surface area contributed by atoms with Gasteiger partial charge >= 0.3 is 0 Å². The van der Waals surface area contributed by atoms with Crippen molar-refractivity contribution in [1.82, 2.24) is 0 Å². The first-order valence-electron chi connectivity index (χ1n) is 7.88. The second kappa shape index (κ2) is 7.07. The molecule has 3 rings (SSSR count). The molecule has 2 aromatic rings. The molecular weight excluding hydrogens is 302 g/mol. The van der Waals surface area contributed by atoms with Gasteiger partial charge in [0.15, 0.2) is 0 Å². The predicted molar refractivity (Wildman–Crippen MR) is 92.6 cm³/mol. The average Bonchev–Trinajstić information content (AvgIpc) is 3.39. The number of nitro benzene ring substituents is 1. The lowest BCUT2D eigenvalue weighted by Gasteiger charge is -2.00. The Labute approximate surface area is 140 Å². The Morgan fingerprint density at radius 1 is 1.17 bits per heavy atom. The average molecular weight is 319 g/mol. The second-order valence-electron chi connectivity index (χ2n) is 5.88. The fraction of sp³-hybridized carbons (Fsp3) is 0.200. The van der Waals surface area contributed by atoms with E-state index >= 15 is 0 Å². The molecule has 0 saturated heterocycles. The number of allylic oxidation sites excluding steroid dienone is 1. The van der Waals surface area contributed by atoms with Crippen LogP contribution in [0.1, 0.15) is 29.9 Å². The van der Waals surface area contributed by atoms with Crippen molar-refractivity contribution in [2.45, 2.75) is 18.8 Å². The Morgan fingerprint density at radius 3 is 2.50 bits per heavy atom. The van der Waals surface area contributed by atoms with Crippen LogP contribution in [0.3, 0.4) is 0 Å². The molecule has 24 heavy (non-hydrogen) atoms. The van der Waals surface area contributed by atoms with Crippen molar-refractivity contribution in [2.75, 3.05) is 0 Å². The van der Waals surface area contributed by atoms with Crippen LogP contribution < -0.4 is 0 Å². The molecule has 0 radical (unpaired) electrons. The van der Waals surface area contributed by atoms with Gasteiger partial charge in [-0.05, 0) is 35.5 Å². The van der Waals surface area contributed by atoms with Gasteiger partial charge in [-0.15, -0.1) is 5.73 Å². The molecule has 120 valence electrons. The summed E-state index contributed by atoms with van der Waals surface area (Å²) in [5.41, 5.74) is 6.40. The van der Waals surface area contributed by atoms with Gasteiger partial charge in [-0.2, -0.15) is 0 Å². The SMILES string of the molecule is O=CCC(=C=C[C@@H]1C[C@@H]1c1ccc([N+](=O)[O-])cc1)c1ccccc1. The zero-order chi connectivity index (χ0) is 16.9. The maximum absolute atomic E-state index is 10.9. The summed E-state index contributed by atoms with van der Waals surface area (Å²) in [5.74, 6) is 0.753. The Bertz CT molecular complexity index is 803. The Hall–Kier alpha value is -2.97. The highest BCUT2D eigenvalue weighted by molar-refractivity contribution is 5.76. The van der Waals surface area contributed by atoms with Crippen LogP contribution in [-0.2, 0) is 4.79 Å². The van der Waals surface area contributed by atoms with E-state index in [1.165, 1.54) is 0 Å². The van der Waals surface area contributed by atoms with Gasteiger partial charge in [0.25, 0.3) is 5.69 Å². The van der Waals surface area contributed by atoms with E-state index < -0.39 is 0 Å². The Kier molecular flexibility index (Phi) is 4.69. The summed E-state index contributed by atoms with van der Waals surface area (Å²) in [6.07, 6.45) is 4.27. The summed E-state index contributed by atoms with van der Waals surface area (Å²) < 4.78 is 0. The van der Waals surface area contributed by atoms with Gasteiger partial charge in [0, 0.05) is 24.1 Å². The van der Waals surface area contributed by atoms with Gasteiger partial charge < -0.3 is 4.79 Å². The number of benzene rings is 2. The standard InChI is InChI=1S/C20H17NO3/c22-13-12-16(15-4-2-1-3-5-15)6-7-18-14-20(18)17-8-10-19(11-9-17)21(23)24/h1-5,7-11,13,18,20H,12,14H2/t6?,18-,20-/m1/s1. The minimum Gasteiger partial charge on any atom is -0.303 e. The van der Waals surface area contributed by atoms with Gasteiger partial charge in [0.2, 0.25) is 0 Å². The second-order valence-corrected chi connectivity index (χ2v) is 5.88. The lowest BCUT2D eigenvalue weighted by atomic mass is 10.0. The van der Waals surface area contributed by atoms with E-state index in [4.69, 9.17) is 0 Å². The molecule has 0 aromatic heterocycles. The number of nitrogens with zero attached hydrogens (tertiary/aromatic N) is 1. The summed E-state index contributed by atoms with van der Waals surface area (Å²) in [4.78, 5) is 21.2. The van der Waals surface area contributed by atoms with Gasteiger partial charge in [-0.3, -0.25) is 10.1 Å². The molecule has 4 heteroatoms. The quantitative estimate of drug-likeness (QED) is 0.340. The summed E-state index contributed by atoms with van der Waals surface area (Å²) >= 11 is 0. The molecule has 1 fully saturated rings. The van der Waals surface area contributed by atoms with E-state index in [0.29, 0.717) is 18.3 Å². The Balaban J connectivity index is 1.75. The molecule has 2 atom stereocenters. The van der Waals surface area contributed by atoms with Crippen LogP contribution in [0, 0.1) is 16.0 Å². The normalized spacial score (nSPS) is 18.3. The summed E-state index contributed by atoms with van der Waals surface area (Å²) in [6.45, 7) is 0. The third kappa shape index (κ3) is 3.67. The summed E-state index contributed by atoms with van der Waals surface area (Å²) in [5, 5.41) is 10.7. The maximum Gasteiger partial charge on any atom is 0.269 e. The highest BCUT2D eigenvalue weighted by Gasteiger charge is 2.36. The zero-order valence-corrected chi connectivity index (χ0v) is 13.1. The predicted octanol–water partition coefficient (Wildman–Crippen LogP) is 4.53. The fourth-order valence-corrected chi connectivity index (χ4v) is 2.82. The first-order valence-corrected chi connectivity index (χ1v) is 7.88. The lowest BCUT2D eigenvalue weighted by molar-refractivity contribution is -0.384. The first kappa shape index (κ1) is 15.9. The van der Waals surface area contributed by atoms with E-state index in [9.17, 15) is 14.9 Å². The molecule has 1 saturated carbocycles. The van der Waals surface area contributed by atoms with Crippen LogP contribution in [0.5, 0.6) is 0 Å². The summed E-state index contributed by atoms with van der Waals surface area (Å²) in [6, 6.07) is 16.5. The van der Waals surface area contributed by atoms with Crippen molar-refractivity contribution in [3.63, 3.8) is 0 Å². The van der Waals surface area contributed by atoms with E-state index in [0.717, 1.165) is 29.4 Å². The van der Waals surface area contributed by atoms with Crippen LogP contribution in [0.4, 0.5) is 5.69 Å². The maximum atomic E-state index is 10.9. The monoisotopic (exact) mass is 319 g/mol. The van der Waals surface area contributed by atoms with Crippen LogP contribution in [0.2, 0.25) is 0 Å². The number of hydrogen-bond acceptors (Lipinski definition) is 3. The number of rotatable bonds is 6. The number of carbonyl (C=O) groups excluding carboxylic acids is 1. The molecule has 0 N–H and O–H groups in total. The van der Waals surface area contributed by atoms with Crippen molar-refractivity contribution in [2.24, 2.45) is 5.92 Å². The molecule has 1 aliphatic carbocycles. The number of nitro groups is 1. The third-order valence-electron chi connectivity index (χ3n) is 4.25. The van der Waals surface area contributed by atoms with Crippen LogP contribution >= 0.6 is 0 Å². The molecule has 0 heterocycles. The zero-order valence-electron chi connectivity index (χ0n) is 13.1.